The van der Waals surface area contributed by atoms with Crippen molar-refractivity contribution in [3.05, 3.63) is 101 Å². The number of aromatic nitrogens is 2. The second-order valence-corrected chi connectivity index (χ2v) is 8.99. The van der Waals surface area contributed by atoms with Crippen molar-refractivity contribution < 1.29 is 22.4 Å². The van der Waals surface area contributed by atoms with E-state index in [2.05, 4.69) is 5.10 Å². The van der Waals surface area contributed by atoms with Crippen LogP contribution in [0.4, 0.5) is 23.2 Å². The van der Waals surface area contributed by atoms with Crippen molar-refractivity contribution in [2.75, 3.05) is 31.1 Å². The minimum absolute atomic E-state index is 0.193. The van der Waals surface area contributed by atoms with Crippen LogP contribution < -0.4 is 4.90 Å². The van der Waals surface area contributed by atoms with Crippen LogP contribution in [0.1, 0.15) is 16.1 Å². The van der Waals surface area contributed by atoms with Gasteiger partial charge in [0, 0.05) is 37.3 Å². The number of anilines is 1. The molecular weight excluding hydrogens is 508 g/mol. The fourth-order valence-electron chi connectivity index (χ4n) is 4.36. The number of para-hydroxylation sites is 2. The maximum atomic E-state index is 14.1. The summed E-state index contributed by atoms with van der Waals surface area (Å²) in [6, 6.07) is 20.3. The Bertz CT molecular complexity index is 1430. The van der Waals surface area contributed by atoms with E-state index in [0.717, 1.165) is 10.7 Å². The highest BCUT2D eigenvalue weighted by molar-refractivity contribution is 6.32. The van der Waals surface area contributed by atoms with Crippen LogP contribution in [0.5, 0.6) is 0 Å². The summed E-state index contributed by atoms with van der Waals surface area (Å²) in [6.45, 7) is 1.82. The third-order valence-corrected chi connectivity index (χ3v) is 6.59. The molecule has 0 aliphatic carbocycles. The van der Waals surface area contributed by atoms with Crippen molar-refractivity contribution in [3.63, 3.8) is 0 Å². The van der Waals surface area contributed by atoms with E-state index in [1.165, 1.54) is 6.07 Å². The van der Waals surface area contributed by atoms with E-state index in [1.807, 2.05) is 4.90 Å². The Morgan fingerprint density at radius 3 is 2.08 bits per heavy atom. The molecule has 0 saturated carbocycles. The van der Waals surface area contributed by atoms with E-state index in [0.29, 0.717) is 48.7 Å². The van der Waals surface area contributed by atoms with Crippen LogP contribution in [0.2, 0.25) is 5.02 Å². The van der Waals surface area contributed by atoms with Crippen molar-refractivity contribution in [1.29, 1.82) is 0 Å². The summed E-state index contributed by atoms with van der Waals surface area (Å²) in [6.07, 6.45) is -4.64. The largest absolute Gasteiger partial charge is 0.435 e. The van der Waals surface area contributed by atoms with Crippen molar-refractivity contribution >= 4 is 23.2 Å². The highest BCUT2D eigenvalue weighted by Crippen LogP contribution is 2.34. The van der Waals surface area contributed by atoms with Crippen molar-refractivity contribution in [3.8, 4) is 16.9 Å². The lowest BCUT2D eigenvalue weighted by Gasteiger charge is -2.36. The second-order valence-electron chi connectivity index (χ2n) is 8.58. The number of benzene rings is 3. The number of amides is 1. The lowest BCUT2D eigenvalue weighted by molar-refractivity contribution is -0.141. The molecule has 5 rings (SSSR count). The SMILES string of the molecule is O=C(c1ccc(-c2cc(C(F)(F)F)nn2-c2ccccc2Cl)cc1)N1CCN(c2ccccc2F)CC1. The van der Waals surface area contributed by atoms with Gasteiger partial charge >= 0.3 is 6.18 Å². The van der Waals surface area contributed by atoms with Crippen LogP contribution in [0.25, 0.3) is 16.9 Å². The van der Waals surface area contributed by atoms with E-state index >= 15 is 0 Å². The second kappa shape index (κ2) is 9.89. The van der Waals surface area contributed by atoms with Crippen LogP contribution in [-0.2, 0) is 6.18 Å². The van der Waals surface area contributed by atoms with E-state index in [1.54, 1.807) is 71.6 Å². The molecule has 10 heteroatoms. The minimum atomic E-state index is -4.64. The number of piperazine rings is 1. The van der Waals surface area contributed by atoms with Gasteiger partial charge in [-0.1, -0.05) is 48.0 Å². The first-order valence-electron chi connectivity index (χ1n) is 11.5. The molecule has 0 radical (unpaired) electrons. The van der Waals surface area contributed by atoms with Gasteiger partial charge in [-0.2, -0.15) is 18.3 Å². The summed E-state index contributed by atoms with van der Waals surface area (Å²) in [5.41, 5.74) is 0.815. The number of nitrogens with zero attached hydrogens (tertiary/aromatic N) is 4. The molecule has 1 aliphatic heterocycles. The van der Waals surface area contributed by atoms with E-state index < -0.39 is 11.9 Å². The van der Waals surface area contributed by atoms with Gasteiger partial charge in [-0.15, -0.1) is 0 Å². The predicted molar refractivity (Wildman–Crippen MR) is 134 cm³/mol. The zero-order valence-corrected chi connectivity index (χ0v) is 20.2. The maximum Gasteiger partial charge on any atom is 0.435 e. The van der Waals surface area contributed by atoms with Gasteiger partial charge in [0.1, 0.15) is 5.82 Å². The first-order valence-corrected chi connectivity index (χ1v) is 11.9. The van der Waals surface area contributed by atoms with Gasteiger partial charge in [0.15, 0.2) is 5.69 Å². The summed E-state index contributed by atoms with van der Waals surface area (Å²) < 4.78 is 55.6. The van der Waals surface area contributed by atoms with Gasteiger partial charge in [0.25, 0.3) is 5.91 Å². The Kier molecular flexibility index (Phi) is 6.64. The third-order valence-electron chi connectivity index (χ3n) is 6.27. The zero-order valence-electron chi connectivity index (χ0n) is 19.4. The fourth-order valence-corrected chi connectivity index (χ4v) is 4.57. The lowest BCUT2D eigenvalue weighted by atomic mass is 10.1. The third kappa shape index (κ3) is 5.04. The summed E-state index contributed by atoms with van der Waals surface area (Å²) in [7, 11) is 0. The maximum absolute atomic E-state index is 14.1. The molecule has 0 unspecified atom stereocenters. The summed E-state index contributed by atoms with van der Waals surface area (Å²) in [5, 5.41) is 4.01. The topological polar surface area (TPSA) is 41.4 Å². The van der Waals surface area contributed by atoms with E-state index in [4.69, 9.17) is 11.6 Å². The van der Waals surface area contributed by atoms with Crippen molar-refractivity contribution in [2.45, 2.75) is 6.18 Å². The monoisotopic (exact) mass is 528 g/mol. The molecule has 37 heavy (non-hydrogen) atoms. The number of hydrogen-bond acceptors (Lipinski definition) is 3. The first kappa shape index (κ1) is 24.8. The molecule has 4 aromatic rings. The number of halogens is 5. The van der Waals surface area contributed by atoms with Gasteiger partial charge < -0.3 is 9.80 Å². The summed E-state index contributed by atoms with van der Waals surface area (Å²) >= 11 is 6.24. The van der Waals surface area contributed by atoms with Gasteiger partial charge in [0.2, 0.25) is 0 Å². The Morgan fingerprint density at radius 1 is 0.838 bits per heavy atom. The first-order chi connectivity index (χ1) is 17.7. The number of hydrogen-bond donors (Lipinski definition) is 0. The van der Waals surface area contributed by atoms with Crippen LogP contribution in [-0.4, -0.2) is 46.8 Å². The van der Waals surface area contributed by atoms with Crippen LogP contribution in [0, 0.1) is 5.82 Å². The molecule has 190 valence electrons. The molecule has 1 saturated heterocycles. The molecule has 5 nitrogen and oxygen atoms in total. The number of carbonyl (C=O) groups excluding carboxylic acids is 1. The van der Waals surface area contributed by atoms with Gasteiger partial charge in [-0.05, 0) is 42.5 Å². The average molecular weight is 529 g/mol. The Labute approximate surface area is 215 Å². The molecule has 0 spiro atoms. The quantitative estimate of drug-likeness (QED) is 0.291. The molecule has 2 heterocycles. The lowest BCUT2D eigenvalue weighted by Crippen LogP contribution is -2.49. The molecule has 1 aliphatic rings. The summed E-state index contributed by atoms with van der Waals surface area (Å²) in [4.78, 5) is 16.7. The molecule has 1 fully saturated rings. The normalized spacial score (nSPS) is 14.2. The Hall–Kier alpha value is -3.85. The Balaban J connectivity index is 1.36. The highest BCUT2D eigenvalue weighted by atomic mass is 35.5. The van der Waals surface area contributed by atoms with Crippen molar-refractivity contribution in [1.82, 2.24) is 14.7 Å². The van der Waals surface area contributed by atoms with Gasteiger partial charge in [-0.25, -0.2) is 9.07 Å². The molecule has 3 aromatic carbocycles. The average Bonchev–Trinajstić information content (AvgIpc) is 3.35. The number of rotatable bonds is 4. The fraction of sp³-hybridized carbons (Fsp3) is 0.185. The zero-order chi connectivity index (χ0) is 26.2. The minimum Gasteiger partial charge on any atom is -0.366 e. The summed E-state index contributed by atoms with van der Waals surface area (Å²) in [5.74, 6) is -0.502. The van der Waals surface area contributed by atoms with Gasteiger partial charge in [0.05, 0.1) is 22.1 Å². The highest BCUT2D eigenvalue weighted by Gasteiger charge is 2.35. The smallest absolute Gasteiger partial charge is 0.366 e. The molecule has 0 atom stereocenters. The standard InChI is InChI=1S/C27H21ClF4N4O/c28-20-5-1-3-7-22(20)36-24(17-25(33-36)27(30,31)32)18-9-11-19(12-10-18)26(37)35-15-13-34(14-16-35)23-8-4-2-6-21(23)29/h1-12,17H,13-16H2. The van der Waals surface area contributed by atoms with Gasteiger partial charge in [-0.3, -0.25) is 4.79 Å². The Morgan fingerprint density at radius 2 is 1.46 bits per heavy atom. The number of carbonyl (C=O) groups is 1. The van der Waals surface area contributed by atoms with E-state index in [9.17, 15) is 22.4 Å². The molecule has 1 aromatic heterocycles. The van der Waals surface area contributed by atoms with Crippen LogP contribution >= 0.6 is 11.6 Å². The van der Waals surface area contributed by atoms with Crippen LogP contribution in [0.15, 0.2) is 78.9 Å². The van der Waals surface area contributed by atoms with E-state index in [-0.39, 0.29) is 22.4 Å². The molecular formula is C27H21ClF4N4O. The molecule has 0 N–H and O–H groups in total. The molecule has 1 amide bonds. The van der Waals surface area contributed by atoms with Crippen molar-refractivity contribution in [2.24, 2.45) is 0 Å². The van der Waals surface area contributed by atoms with Crippen LogP contribution in [0.3, 0.4) is 0 Å². The number of alkyl halides is 3. The predicted octanol–water partition coefficient (Wildman–Crippen LogP) is 6.31. The molecule has 0 bridgehead atoms.